The van der Waals surface area contributed by atoms with Crippen LogP contribution in [0.2, 0.25) is 5.02 Å². The molecule has 0 saturated carbocycles. The number of aryl methyl sites for hydroxylation is 1. The molecule has 170 valence electrons. The number of rotatable bonds is 4. The van der Waals surface area contributed by atoms with Crippen molar-refractivity contribution in [2.75, 3.05) is 10.6 Å². The molecule has 2 amide bonds. The third kappa shape index (κ3) is 4.85. The third-order valence-corrected chi connectivity index (χ3v) is 5.24. The molecule has 0 aliphatic rings. The first-order valence-corrected chi connectivity index (χ1v) is 10.0. The molecular formula is C22H17ClF3N5O2. The van der Waals surface area contributed by atoms with Gasteiger partial charge in [0.15, 0.2) is 0 Å². The van der Waals surface area contributed by atoms with Crippen LogP contribution in [0.5, 0.6) is 5.88 Å². The van der Waals surface area contributed by atoms with Crippen molar-refractivity contribution in [2.24, 2.45) is 0 Å². The van der Waals surface area contributed by atoms with Crippen molar-refractivity contribution >= 4 is 40.0 Å². The van der Waals surface area contributed by atoms with Gasteiger partial charge in [0, 0.05) is 24.1 Å². The van der Waals surface area contributed by atoms with Gasteiger partial charge in [-0.1, -0.05) is 23.7 Å². The standard InChI is InChI=1S/C22H17ClF3N5O2/c1-12-28-18-8-9-27-20(32)19(18)31(12)11-13-2-4-14(5-3-13)29-21(33)30-15-6-7-17(23)16(10-15)22(24,25)26/h2-10H,11H2,1H3,(H,27,32)(H2,29,30,33). The number of pyridine rings is 1. The van der Waals surface area contributed by atoms with Gasteiger partial charge >= 0.3 is 12.2 Å². The molecular weight excluding hydrogens is 459 g/mol. The van der Waals surface area contributed by atoms with Crippen molar-refractivity contribution in [3.8, 4) is 5.88 Å². The van der Waals surface area contributed by atoms with Crippen LogP contribution in [0.1, 0.15) is 17.0 Å². The molecule has 0 atom stereocenters. The summed E-state index contributed by atoms with van der Waals surface area (Å²) in [4.78, 5) is 20.5. The average Bonchev–Trinajstić information content (AvgIpc) is 3.06. The Balaban J connectivity index is 1.45. The SMILES string of the molecule is Cc1nc2ccnc(O)c2n1Cc1ccc(NC(=O)Nc2ccc(Cl)c(C(F)(F)F)c2)cc1. The number of imidazole rings is 1. The zero-order valence-corrected chi connectivity index (χ0v) is 17.9. The lowest BCUT2D eigenvalue weighted by atomic mass is 10.2. The number of anilines is 2. The number of hydrogen-bond donors (Lipinski definition) is 3. The summed E-state index contributed by atoms with van der Waals surface area (Å²) in [5.41, 5.74) is 1.40. The first-order chi connectivity index (χ1) is 15.6. The Morgan fingerprint density at radius 2 is 1.76 bits per heavy atom. The average molecular weight is 476 g/mol. The van der Waals surface area contributed by atoms with Crippen LogP contribution in [0, 0.1) is 6.92 Å². The minimum atomic E-state index is -4.63. The van der Waals surface area contributed by atoms with E-state index in [-0.39, 0.29) is 11.6 Å². The number of aromatic hydroxyl groups is 1. The number of alkyl halides is 3. The van der Waals surface area contributed by atoms with E-state index in [1.807, 2.05) is 11.5 Å². The summed E-state index contributed by atoms with van der Waals surface area (Å²) in [6, 6.07) is 11.0. The third-order valence-electron chi connectivity index (χ3n) is 4.91. The monoisotopic (exact) mass is 475 g/mol. The van der Waals surface area contributed by atoms with E-state index in [1.54, 1.807) is 30.3 Å². The summed E-state index contributed by atoms with van der Waals surface area (Å²) in [7, 11) is 0. The number of hydrogen-bond acceptors (Lipinski definition) is 4. The lowest BCUT2D eigenvalue weighted by Gasteiger charge is -2.13. The molecule has 11 heteroatoms. The Hall–Kier alpha value is -3.79. The largest absolute Gasteiger partial charge is 0.492 e. The Kier molecular flexibility index (Phi) is 5.86. The number of benzene rings is 2. The number of aromatic nitrogens is 3. The van der Waals surface area contributed by atoms with Crippen LogP contribution in [0.3, 0.4) is 0 Å². The second-order valence-corrected chi connectivity index (χ2v) is 7.62. The predicted octanol–water partition coefficient (Wildman–Crippen LogP) is 5.81. The summed E-state index contributed by atoms with van der Waals surface area (Å²) >= 11 is 5.59. The van der Waals surface area contributed by atoms with Crippen LogP contribution in [-0.4, -0.2) is 25.7 Å². The van der Waals surface area contributed by atoms with E-state index in [1.165, 1.54) is 12.3 Å². The summed E-state index contributed by atoms with van der Waals surface area (Å²) in [6.45, 7) is 2.24. The molecule has 2 heterocycles. The molecule has 0 fully saturated rings. The number of urea groups is 1. The van der Waals surface area contributed by atoms with Crippen molar-refractivity contribution in [1.82, 2.24) is 14.5 Å². The highest BCUT2D eigenvalue weighted by atomic mass is 35.5. The van der Waals surface area contributed by atoms with Crippen LogP contribution in [-0.2, 0) is 12.7 Å². The number of halogens is 4. The molecule has 0 spiro atoms. The zero-order chi connectivity index (χ0) is 23.8. The van der Waals surface area contributed by atoms with Crippen molar-refractivity contribution in [3.05, 3.63) is 76.7 Å². The maximum absolute atomic E-state index is 13.0. The Morgan fingerprint density at radius 1 is 1.09 bits per heavy atom. The molecule has 0 aliphatic heterocycles. The normalized spacial score (nSPS) is 11.5. The molecule has 0 unspecified atom stereocenters. The van der Waals surface area contributed by atoms with E-state index in [2.05, 4.69) is 20.6 Å². The first-order valence-electron chi connectivity index (χ1n) is 9.66. The highest BCUT2D eigenvalue weighted by molar-refractivity contribution is 6.31. The van der Waals surface area contributed by atoms with Crippen molar-refractivity contribution in [1.29, 1.82) is 0 Å². The van der Waals surface area contributed by atoms with E-state index in [0.717, 1.165) is 17.7 Å². The highest BCUT2D eigenvalue weighted by Gasteiger charge is 2.33. The van der Waals surface area contributed by atoms with Crippen LogP contribution in [0.4, 0.5) is 29.3 Å². The Morgan fingerprint density at radius 3 is 2.45 bits per heavy atom. The molecule has 0 aliphatic carbocycles. The van der Waals surface area contributed by atoms with Crippen molar-refractivity contribution in [3.63, 3.8) is 0 Å². The maximum Gasteiger partial charge on any atom is 0.417 e. The fourth-order valence-electron chi connectivity index (χ4n) is 3.36. The van der Waals surface area contributed by atoms with Gasteiger partial charge in [0.2, 0.25) is 5.88 Å². The van der Waals surface area contributed by atoms with Crippen LogP contribution in [0.25, 0.3) is 11.0 Å². The molecule has 7 nitrogen and oxygen atoms in total. The quantitative estimate of drug-likeness (QED) is 0.347. The lowest BCUT2D eigenvalue weighted by Crippen LogP contribution is -2.20. The van der Waals surface area contributed by atoms with E-state index in [9.17, 15) is 23.1 Å². The minimum Gasteiger partial charge on any atom is -0.492 e. The molecule has 33 heavy (non-hydrogen) atoms. The Bertz CT molecular complexity index is 1340. The van der Waals surface area contributed by atoms with E-state index in [4.69, 9.17) is 11.6 Å². The topological polar surface area (TPSA) is 92.1 Å². The fourth-order valence-corrected chi connectivity index (χ4v) is 3.59. The molecule has 4 rings (SSSR count). The van der Waals surface area contributed by atoms with Gasteiger partial charge in [-0.15, -0.1) is 0 Å². The number of carbonyl (C=O) groups excluding carboxylic acids is 1. The molecule has 2 aromatic heterocycles. The van der Waals surface area contributed by atoms with Gasteiger partial charge in [0.1, 0.15) is 11.3 Å². The summed E-state index contributed by atoms with van der Waals surface area (Å²) < 4.78 is 40.8. The van der Waals surface area contributed by atoms with E-state index < -0.39 is 22.8 Å². The molecule has 0 radical (unpaired) electrons. The minimum absolute atomic E-state index is 0.0447. The maximum atomic E-state index is 13.0. The van der Waals surface area contributed by atoms with Crippen LogP contribution < -0.4 is 10.6 Å². The van der Waals surface area contributed by atoms with Gasteiger partial charge in [0.05, 0.1) is 16.1 Å². The number of fused-ring (bicyclic) bond motifs is 1. The highest BCUT2D eigenvalue weighted by Crippen LogP contribution is 2.36. The second-order valence-electron chi connectivity index (χ2n) is 7.22. The van der Waals surface area contributed by atoms with Crippen LogP contribution in [0.15, 0.2) is 54.7 Å². The fraction of sp³-hybridized carbons (Fsp3) is 0.136. The van der Waals surface area contributed by atoms with Gasteiger partial charge in [-0.05, 0) is 48.9 Å². The van der Waals surface area contributed by atoms with Gasteiger partial charge in [-0.2, -0.15) is 13.2 Å². The zero-order valence-electron chi connectivity index (χ0n) is 17.1. The number of amides is 2. The van der Waals surface area contributed by atoms with Crippen LogP contribution >= 0.6 is 11.6 Å². The molecule has 0 bridgehead atoms. The predicted molar refractivity (Wildman–Crippen MR) is 119 cm³/mol. The first kappa shape index (κ1) is 22.4. The smallest absolute Gasteiger partial charge is 0.417 e. The summed E-state index contributed by atoms with van der Waals surface area (Å²) in [5, 5.41) is 14.6. The number of nitrogens with zero attached hydrogens (tertiary/aromatic N) is 3. The van der Waals surface area contributed by atoms with E-state index >= 15 is 0 Å². The van der Waals surface area contributed by atoms with E-state index in [0.29, 0.717) is 29.1 Å². The molecule has 3 N–H and O–H groups in total. The number of nitrogens with one attached hydrogen (secondary N) is 2. The lowest BCUT2D eigenvalue weighted by molar-refractivity contribution is -0.137. The Labute approximate surface area is 190 Å². The van der Waals surface area contributed by atoms with Gasteiger partial charge in [0.25, 0.3) is 0 Å². The number of carbonyl (C=O) groups is 1. The summed E-state index contributed by atoms with van der Waals surface area (Å²) in [5.74, 6) is 0.593. The molecule has 0 saturated heterocycles. The van der Waals surface area contributed by atoms with Crippen molar-refractivity contribution in [2.45, 2.75) is 19.6 Å². The summed E-state index contributed by atoms with van der Waals surface area (Å²) in [6.07, 6.45) is -3.15. The van der Waals surface area contributed by atoms with Gasteiger partial charge < -0.3 is 20.3 Å². The molecule has 4 aromatic rings. The van der Waals surface area contributed by atoms with Gasteiger partial charge in [-0.25, -0.2) is 14.8 Å². The molecule has 2 aromatic carbocycles. The van der Waals surface area contributed by atoms with Gasteiger partial charge in [-0.3, -0.25) is 0 Å². The van der Waals surface area contributed by atoms with Crippen molar-refractivity contribution < 1.29 is 23.1 Å². The second kappa shape index (κ2) is 8.62.